The summed E-state index contributed by atoms with van der Waals surface area (Å²) in [6.07, 6.45) is 2.60. The number of nitro groups is 1. The summed E-state index contributed by atoms with van der Waals surface area (Å²) in [5, 5.41) is 10.4. The van der Waals surface area contributed by atoms with E-state index in [-0.39, 0.29) is 12.4 Å². The molecule has 1 aromatic heterocycles. The van der Waals surface area contributed by atoms with Gasteiger partial charge in [-0.15, -0.1) is 0 Å². The van der Waals surface area contributed by atoms with Gasteiger partial charge in [-0.1, -0.05) is 0 Å². The van der Waals surface area contributed by atoms with Crippen molar-refractivity contribution in [2.24, 2.45) is 0 Å². The quantitative estimate of drug-likeness (QED) is 0.677. The number of nitrogen functional groups attached to an aromatic ring is 1. The highest BCUT2D eigenvalue weighted by atomic mass is 19.1. The number of benzene rings is 1. The number of nitro benzene ring substituents is 1. The van der Waals surface area contributed by atoms with Crippen molar-refractivity contribution in [3.8, 4) is 5.75 Å². The second-order valence-corrected chi connectivity index (χ2v) is 3.71. The maximum absolute atomic E-state index is 13.5. The van der Waals surface area contributed by atoms with Crippen molar-refractivity contribution in [3.63, 3.8) is 0 Å². The van der Waals surface area contributed by atoms with Crippen molar-refractivity contribution in [1.82, 2.24) is 9.97 Å². The predicted molar refractivity (Wildman–Crippen MR) is 63.8 cm³/mol. The summed E-state index contributed by atoms with van der Waals surface area (Å²) in [6, 6.07) is 1.07. The number of nitrogens with two attached hydrogens (primary N) is 1. The smallest absolute Gasteiger partial charge is 0.307 e. The average Bonchev–Trinajstić information content (AvgIpc) is 2.41. The molecule has 0 amide bonds. The number of hydrogen-bond acceptors (Lipinski definition) is 6. The first kappa shape index (κ1) is 13.6. The van der Waals surface area contributed by atoms with Crippen molar-refractivity contribution < 1.29 is 18.4 Å². The lowest BCUT2D eigenvalue weighted by Crippen LogP contribution is -2.03. The van der Waals surface area contributed by atoms with E-state index in [1.165, 1.54) is 12.4 Å². The van der Waals surface area contributed by atoms with Crippen LogP contribution in [0, 0.1) is 21.7 Å². The van der Waals surface area contributed by atoms with Crippen LogP contribution in [-0.2, 0) is 6.61 Å². The van der Waals surface area contributed by atoms with E-state index in [0.29, 0.717) is 17.8 Å². The molecule has 1 aromatic carbocycles. The number of rotatable bonds is 4. The predicted octanol–water partition coefficient (Wildman–Crippen LogP) is 1.82. The van der Waals surface area contributed by atoms with Crippen LogP contribution in [0.4, 0.5) is 20.3 Å². The molecule has 0 spiro atoms. The van der Waals surface area contributed by atoms with Crippen LogP contribution in [0.3, 0.4) is 0 Å². The summed E-state index contributed by atoms with van der Waals surface area (Å²) < 4.78 is 31.8. The fraction of sp³-hybridized carbons (Fsp3) is 0.0909. The zero-order valence-electron chi connectivity index (χ0n) is 9.92. The SMILES string of the molecule is Nc1cnc(COc2cc(F)c([N+](=O)[O-])cc2F)cn1. The Kier molecular flexibility index (Phi) is 3.69. The van der Waals surface area contributed by atoms with Gasteiger partial charge in [0.05, 0.1) is 29.1 Å². The molecule has 0 fully saturated rings. The van der Waals surface area contributed by atoms with Crippen LogP contribution in [0.2, 0.25) is 0 Å². The number of hydrogen-bond donors (Lipinski definition) is 1. The van der Waals surface area contributed by atoms with Crippen LogP contribution in [0.15, 0.2) is 24.5 Å². The lowest BCUT2D eigenvalue weighted by molar-refractivity contribution is -0.387. The molecule has 0 atom stereocenters. The molecule has 0 unspecified atom stereocenters. The summed E-state index contributed by atoms with van der Waals surface area (Å²) in [5.74, 6) is -2.47. The van der Waals surface area contributed by atoms with Crippen molar-refractivity contribution in [1.29, 1.82) is 0 Å². The van der Waals surface area contributed by atoms with Gasteiger partial charge in [0.15, 0.2) is 11.6 Å². The Morgan fingerprint density at radius 2 is 2.00 bits per heavy atom. The van der Waals surface area contributed by atoms with Gasteiger partial charge in [-0.3, -0.25) is 15.1 Å². The summed E-state index contributed by atoms with van der Waals surface area (Å²) in [4.78, 5) is 17.0. The standard InChI is InChI=1S/C11H8F2N4O3/c12-7-2-10(8(13)1-9(7)17(18)19)20-5-6-3-16-11(14)4-15-6/h1-4H,5H2,(H2,14,16). The molecule has 0 aliphatic carbocycles. The van der Waals surface area contributed by atoms with E-state index in [4.69, 9.17) is 10.5 Å². The minimum Gasteiger partial charge on any atom is -0.484 e. The number of ether oxygens (including phenoxy) is 1. The third-order valence-electron chi connectivity index (χ3n) is 2.30. The van der Waals surface area contributed by atoms with Crippen LogP contribution < -0.4 is 10.5 Å². The lowest BCUT2D eigenvalue weighted by Gasteiger charge is -2.07. The van der Waals surface area contributed by atoms with Crippen LogP contribution in [0.25, 0.3) is 0 Å². The van der Waals surface area contributed by atoms with Crippen LogP contribution in [0.5, 0.6) is 5.75 Å². The molecule has 20 heavy (non-hydrogen) atoms. The zero-order valence-corrected chi connectivity index (χ0v) is 9.92. The van der Waals surface area contributed by atoms with E-state index in [1.807, 2.05) is 0 Å². The average molecular weight is 282 g/mol. The van der Waals surface area contributed by atoms with E-state index in [0.717, 1.165) is 0 Å². The van der Waals surface area contributed by atoms with Gasteiger partial charge in [-0.25, -0.2) is 9.37 Å². The monoisotopic (exact) mass is 282 g/mol. The highest BCUT2D eigenvalue weighted by Crippen LogP contribution is 2.26. The Bertz CT molecular complexity index is 649. The fourth-order valence-electron chi connectivity index (χ4n) is 1.36. The summed E-state index contributed by atoms with van der Waals surface area (Å²) in [5.41, 5.74) is 4.72. The molecule has 1 heterocycles. The molecule has 0 saturated carbocycles. The van der Waals surface area contributed by atoms with Gasteiger partial charge in [-0.2, -0.15) is 4.39 Å². The Balaban J connectivity index is 2.16. The third-order valence-corrected chi connectivity index (χ3v) is 2.30. The molecule has 0 aliphatic heterocycles. The minimum atomic E-state index is -1.19. The van der Waals surface area contributed by atoms with Crippen molar-refractivity contribution in [2.75, 3.05) is 5.73 Å². The molecular formula is C11H8F2N4O3. The van der Waals surface area contributed by atoms with Crippen molar-refractivity contribution in [2.45, 2.75) is 6.61 Å². The number of aromatic nitrogens is 2. The first-order chi connectivity index (χ1) is 9.47. The topological polar surface area (TPSA) is 104 Å². The van der Waals surface area contributed by atoms with Gasteiger partial charge in [0.2, 0.25) is 5.82 Å². The maximum atomic E-state index is 13.5. The molecule has 0 bridgehead atoms. The molecule has 0 radical (unpaired) electrons. The summed E-state index contributed by atoms with van der Waals surface area (Å²) in [6.45, 7) is -0.179. The molecule has 7 nitrogen and oxygen atoms in total. The second kappa shape index (κ2) is 5.43. The van der Waals surface area contributed by atoms with Crippen molar-refractivity contribution >= 4 is 11.5 Å². The highest BCUT2D eigenvalue weighted by Gasteiger charge is 2.19. The van der Waals surface area contributed by atoms with E-state index < -0.39 is 28.0 Å². The maximum Gasteiger partial charge on any atom is 0.307 e. The van der Waals surface area contributed by atoms with Gasteiger partial charge in [0.1, 0.15) is 12.4 Å². The highest BCUT2D eigenvalue weighted by molar-refractivity contribution is 5.39. The van der Waals surface area contributed by atoms with Gasteiger partial charge in [-0.05, 0) is 0 Å². The molecule has 0 aliphatic rings. The first-order valence-corrected chi connectivity index (χ1v) is 5.30. The van der Waals surface area contributed by atoms with Gasteiger partial charge < -0.3 is 10.5 Å². The molecule has 2 N–H and O–H groups in total. The van der Waals surface area contributed by atoms with Crippen LogP contribution >= 0.6 is 0 Å². The molecule has 9 heteroatoms. The molecule has 104 valence electrons. The lowest BCUT2D eigenvalue weighted by atomic mass is 10.3. The van der Waals surface area contributed by atoms with Gasteiger partial charge in [0, 0.05) is 6.07 Å². The second-order valence-electron chi connectivity index (χ2n) is 3.71. The normalized spacial score (nSPS) is 10.3. The largest absolute Gasteiger partial charge is 0.484 e. The summed E-state index contributed by atoms with van der Waals surface area (Å²) in [7, 11) is 0. The molecular weight excluding hydrogens is 274 g/mol. The molecule has 2 aromatic rings. The number of nitrogens with zero attached hydrogens (tertiary/aromatic N) is 3. The van der Waals surface area contributed by atoms with E-state index >= 15 is 0 Å². The van der Waals surface area contributed by atoms with E-state index in [9.17, 15) is 18.9 Å². The Hall–Kier alpha value is -2.84. The van der Waals surface area contributed by atoms with E-state index in [1.54, 1.807) is 0 Å². The Morgan fingerprint density at radius 3 is 2.60 bits per heavy atom. The summed E-state index contributed by atoms with van der Waals surface area (Å²) >= 11 is 0. The zero-order chi connectivity index (χ0) is 14.7. The van der Waals surface area contributed by atoms with Crippen LogP contribution in [-0.4, -0.2) is 14.9 Å². The fourth-order valence-corrected chi connectivity index (χ4v) is 1.36. The van der Waals surface area contributed by atoms with Crippen molar-refractivity contribution in [3.05, 3.63) is 52.0 Å². The number of halogens is 2. The third kappa shape index (κ3) is 2.94. The number of anilines is 1. The Morgan fingerprint density at radius 1 is 1.25 bits per heavy atom. The minimum absolute atomic E-state index is 0.179. The van der Waals surface area contributed by atoms with Gasteiger partial charge in [0.25, 0.3) is 0 Å². The first-order valence-electron chi connectivity index (χ1n) is 5.30. The van der Waals surface area contributed by atoms with Gasteiger partial charge >= 0.3 is 5.69 Å². The molecule has 0 saturated heterocycles. The van der Waals surface area contributed by atoms with Crippen LogP contribution in [0.1, 0.15) is 5.69 Å². The molecule has 2 rings (SSSR count). The Labute approximate surface area is 111 Å². The van der Waals surface area contributed by atoms with E-state index in [2.05, 4.69) is 9.97 Å².